The standard InChI is InChI=1S/C51H32N4S/c1-4-14-33(15-5-1)36-26-29-45-43(30-36)39-20-10-12-22-44(39)55(45)46-31-37(38-24-27-41-40-21-11-13-23-47(40)56-48(41)32-38)25-28-42(46)51-53-49(34-16-6-2-7-17-34)52-50(54-51)35-18-8-3-9-19-35/h1-32H/i1D,2D,4D,5D,6D,7D,10D,12D,14D,15D,16D,17D,20D,22D,26D,29D,30D. The smallest absolute Gasteiger partial charge is 0.166 e. The third-order valence-electron chi connectivity index (χ3n) is 9.49. The molecule has 3 heterocycles. The first-order chi connectivity index (χ1) is 34.8. The number of hydrogen-bond donors (Lipinski definition) is 0. The van der Waals surface area contributed by atoms with Gasteiger partial charge in [0, 0.05) is 47.6 Å². The molecule has 56 heavy (non-hydrogen) atoms. The number of para-hydroxylation sites is 1. The molecule has 0 unspecified atom stereocenters. The van der Waals surface area contributed by atoms with Crippen LogP contribution in [0.5, 0.6) is 0 Å². The van der Waals surface area contributed by atoms with Crippen molar-refractivity contribution in [1.29, 1.82) is 0 Å². The molecule has 0 spiro atoms. The number of rotatable bonds is 6. The van der Waals surface area contributed by atoms with Gasteiger partial charge >= 0.3 is 0 Å². The van der Waals surface area contributed by atoms with Crippen molar-refractivity contribution in [2.75, 3.05) is 0 Å². The lowest BCUT2D eigenvalue weighted by atomic mass is 10.00. The van der Waals surface area contributed by atoms with Crippen LogP contribution in [0.4, 0.5) is 0 Å². The molecule has 0 aliphatic rings. The lowest BCUT2D eigenvalue weighted by Gasteiger charge is -2.16. The van der Waals surface area contributed by atoms with Crippen LogP contribution in [0.3, 0.4) is 0 Å². The molecule has 0 fully saturated rings. The SMILES string of the molecule is [2H]c1c([2H])c([2H])c(-c2nc(-c3ccccc3)nc(-c3ccc(-c4ccc5c(c4)sc4ccccc45)cc3-n3c4c([2H])c([2H])c([2H])c([2H])c4c4c([2H])c(-c5c([2H])c([2H])c([2H])c([2H])c5[2H])c([2H])c([2H])c43)n2)c([2H])c1[2H]. The molecule has 0 aliphatic heterocycles. The van der Waals surface area contributed by atoms with E-state index in [1.807, 2.05) is 42.5 Å². The molecule has 0 saturated carbocycles. The lowest BCUT2D eigenvalue weighted by molar-refractivity contribution is 1.06. The molecule has 0 N–H and O–H groups in total. The molecule has 0 atom stereocenters. The van der Waals surface area contributed by atoms with Gasteiger partial charge in [0.2, 0.25) is 0 Å². The first kappa shape index (κ1) is 19.4. The topological polar surface area (TPSA) is 43.6 Å². The maximum Gasteiger partial charge on any atom is 0.166 e. The maximum absolute atomic E-state index is 9.79. The van der Waals surface area contributed by atoms with Gasteiger partial charge in [0.25, 0.3) is 0 Å². The monoisotopic (exact) mass is 749 g/mol. The number of fused-ring (bicyclic) bond motifs is 6. The second-order valence-corrected chi connectivity index (χ2v) is 13.8. The van der Waals surface area contributed by atoms with Crippen LogP contribution in [0, 0.1) is 0 Å². The van der Waals surface area contributed by atoms with Gasteiger partial charge in [-0.15, -0.1) is 11.3 Å². The summed E-state index contributed by atoms with van der Waals surface area (Å²) in [5.41, 5.74) is -0.0560. The molecule has 3 aromatic heterocycles. The fourth-order valence-corrected chi connectivity index (χ4v) is 8.08. The Morgan fingerprint density at radius 3 is 1.89 bits per heavy atom. The van der Waals surface area contributed by atoms with Gasteiger partial charge in [-0.2, -0.15) is 0 Å². The van der Waals surface area contributed by atoms with Crippen LogP contribution in [0.1, 0.15) is 23.3 Å². The van der Waals surface area contributed by atoms with Crippen LogP contribution in [-0.4, -0.2) is 19.5 Å². The van der Waals surface area contributed by atoms with Gasteiger partial charge in [0.1, 0.15) is 0 Å². The van der Waals surface area contributed by atoms with E-state index in [1.165, 1.54) is 4.57 Å². The number of aromatic nitrogens is 4. The second-order valence-electron chi connectivity index (χ2n) is 12.7. The Hall–Kier alpha value is -7.21. The van der Waals surface area contributed by atoms with Crippen molar-refractivity contribution >= 4 is 53.3 Å². The number of benzene rings is 8. The predicted molar refractivity (Wildman–Crippen MR) is 234 cm³/mol. The molecule has 0 aliphatic carbocycles. The summed E-state index contributed by atoms with van der Waals surface area (Å²) >= 11 is 1.58. The van der Waals surface area contributed by atoms with E-state index in [1.54, 1.807) is 59.9 Å². The van der Waals surface area contributed by atoms with Gasteiger partial charge in [-0.3, -0.25) is 0 Å². The van der Waals surface area contributed by atoms with Gasteiger partial charge in [-0.05, 0) is 64.6 Å². The zero-order chi connectivity index (χ0) is 51.8. The minimum absolute atomic E-state index is 0.0214. The van der Waals surface area contributed by atoms with Crippen molar-refractivity contribution < 1.29 is 23.3 Å². The van der Waals surface area contributed by atoms with Crippen LogP contribution in [0.15, 0.2) is 194 Å². The quantitative estimate of drug-likeness (QED) is 0.170. The lowest BCUT2D eigenvalue weighted by Crippen LogP contribution is -2.04. The predicted octanol–water partition coefficient (Wildman–Crippen LogP) is 13.7. The third kappa shape index (κ3) is 5.48. The number of nitrogens with zero attached hydrogens (tertiary/aromatic N) is 4. The molecule has 0 radical (unpaired) electrons. The molecular formula is C51H32N4S. The second kappa shape index (κ2) is 13.3. The van der Waals surface area contributed by atoms with E-state index in [-0.39, 0.29) is 56.1 Å². The Morgan fingerprint density at radius 1 is 0.411 bits per heavy atom. The summed E-state index contributed by atoms with van der Waals surface area (Å²) in [6, 6.07) is 16.1. The van der Waals surface area contributed by atoms with Crippen LogP contribution in [-0.2, 0) is 0 Å². The zero-order valence-electron chi connectivity index (χ0n) is 45.9. The van der Waals surface area contributed by atoms with Crippen molar-refractivity contribution in [1.82, 2.24) is 19.5 Å². The summed E-state index contributed by atoms with van der Waals surface area (Å²) in [7, 11) is 0. The molecule has 5 heteroatoms. The largest absolute Gasteiger partial charge is 0.308 e. The van der Waals surface area contributed by atoms with E-state index in [9.17, 15) is 6.85 Å². The van der Waals surface area contributed by atoms with E-state index < -0.39 is 114 Å². The Bertz CT molecular complexity index is 4190. The van der Waals surface area contributed by atoms with Gasteiger partial charge in [-0.25, -0.2) is 15.0 Å². The van der Waals surface area contributed by atoms with Gasteiger partial charge < -0.3 is 4.57 Å². The summed E-state index contributed by atoms with van der Waals surface area (Å²) in [6.45, 7) is 0. The molecule has 0 saturated heterocycles. The first-order valence-electron chi connectivity index (χ1n) is 25.9. The highest BCUT2D eigenvalue weighted by Gasteiger charge is 2.21. The fraction of sp³-hybridized carbons (Fsp3) is 0. The minimum Gasteiger partial charge on any atom is -0.308 e. The highest BCUT2D eigenvalue weighted by atomic mass is 32.1. The Morgan fingerprint density at radius 2 is 1.05 bits per heavy atom. The van der Waals surface area contributed by atoms with Crippen LogP contribution in [0.2, 0.25) is 0 Å². The summed E-state index contributed by atoms with van der Waals surface area (Å²) in [5, 5.41) is 1.52. The minimum atomic E-state index is -0.753. The maximum atomic E-state index is 9.79. The van der Waals surface area contributed by atoms with E-state index in [2.05, 4.69) is 4.98 Å². The van der Waals surface area contributed by atoms with Crippen molar-refractivity contribution in [2.45, 2.75) is 0 Å². The average molecular weight is 750 g/mol. The Labute approximate surface area is 351 Å². The Balaban J connectivity index is 1.31. The summed E-state index contributed by atoms with van der Waals surface area (Å²) in [5.74, 6) is -0.429. The summed E-state index contributed by atoms with van der Waals surface area (Å²) in [6.07, 6.45) is 0. The summed E-state index contributed by atoms with van der Waals surface area (Å²) < 4.78 is 155. The molecule has 262 valence electrons. The molecule has 11 rings (SSSR count). The van der Waals surface area contributed by atoms with Gasteiger partial charge in [-0.1, -0.05) is 151 Å². The highest BCUT2D eigenvalue weighted by molar-refractivity contribution is 7.25. The van der Waals surface area contributed by atoms with Gasteiger partial charge in [0.15, 0.2) is 17.5 Å². The fourth-order valence-electron chi connectivity index (χ4n) is 6.93. The normalized spacial score (nSPS) is 15.8. The number of hydrogen-bond acceptors (Lipinski definition) is 4. The third-order valence-corrected chi connectivity index (χ3v) is 10.6. The van der Waals surface area contributed by atoms with Crippen LogP contribution < -0.4 is 0 Å². The van der Waals surface area contributed by atoms with Gasteiger partial charge in [0.05, 0.1) is 40.0 Å². The van der Waals surface area contributed by atoms with E-state index >= 15 is 0 Å². The molecule has 0 bridgehead atoms. The summed E-state index contributed by atoms with van der Waals surface area (Å²) in [4.78, 5) is 14.3. The van der Waals surface area contributed by atoms with Crippen molar-refractivity contribution in [3.8, 4) is 62.1 Å². The molecular weight excluding hydrogens is 701 g/mol. The van der Waals surface area contributed by atoms with Crippen molar-refractivity contribution in [3.05, 3.63) is 194 Å². The average Bonchev–Trinajstić information content (AvgIpc) is 3.98. The van der Waals surface area contributed by atoms with E-state index in [4.69, 9.17) is 26.4 Å². The zero-order valence-corrected chi connectivity index (χ0v) is 29.7. The molecule has 0 amide bonds. The van der Waals surface area contributed by atoms with E-state index in [0.717, 1.165) is 20.2 Å². The van der Waals surface area contributed by atoms with Crippen LogP contribution >= 0.6 is 11.3 Å². The highest BCUT2D eigenvalue weighted by Crippen LogP contribution is 2.41. The Kier molecular flexibility index (Phi) is 4.60. The molecule has 4 nitrogen and oxygen atoms in total. The van der Waals surface area contributed by atoms with E-state index in [0.29, 0.717) is 16.7 Å². The molecule has 11 aromatic rings. The number of thiophene rings is 1. The van der Waals surface area contributed by atoms with Crippen molar-refractivity contribution in [3.63, 3.8) is 0 Å². The molecule has 8 aromatic carbocycles. The van der Waals surface area contributed by atoms with Crippen LogP contribution in [0.25, 0.3) is 104 Å². The first-order valence-corrected chi connectivity index (χ1v) is 18.2. The van der Waals surface area contributed by atoms with Crippen molar-refractivity contribution in [2.24, 2.45) is 0 Å².